The molecule has 2 N–H and O–H groups in total. The van der Waals surface area contributed by atoms with E-state index in [4.69, 9.17) is 28.3 Å². The summed E-state index contributed by atoms with van der Waals surface area (Å²) in [6.45, 7) is 4.45. The molecule has 0 radical (unpaired) electrons. The summed E-state index contributed by atoms with van der Waals surface area (Å²) in [5, 5.41) is 12.3. The Balaban J connectivity index is 1.71. The second-order valence-corrected chi connectivity index (χ2v) is 9.30. The maximum Gasteiger partial charge on any atom is 0.305 e. The van der Waals surface area contributed by atoms with Gasteiger partial charge in [0.25, 0.3) is 0 Å². The topological polar surface area (TPSA) is 66.4 Å². The first-order valence-electron chi connectivity index (χ1n) is 9.53. The number of hydrogen-bond acceptors (Lipinski definition) is 3. The number of amides is 1. The maximum absolute atomic E-state index is 12.2. The van der Waals surface area contributed by atoms with E-state index in [2.05, 4.69) is 31.3 Å². The predicted molar refractivity (Wildman–Crippen MR) is 117 cm³/mol. The van der Waals surface area contributed by atoms with Gasteiger partial charge in [0.15, 0.2) is 0 Å². The summed E-state index contributed by atoms with van der Waals surface area (Å²) >= 11 is 14.7. The molecule has 1 saturated carbocycles. The Kier molecular flexibility index (Phi) is 7.14. The van der Waals surface area contributed by atoms with Crippen LogP contribution in [-0.4, -0.2) is 23.5 Å². The number of rotatable bonds is 8. The highest BCUT2D eigenvalue weighted by Gasteiger charge is 2.45. The molecule has 7 heteroatoms. The van der Waals surface area contributed by atoms with Crippen LogP contribution >= 0.6 is 35.0 Å². The van der Waals surface area contributed by atoms with Gasteiger partial charge in [-0.15, -0.1) is 0 Å². The lowest BCUT2D eigenvalue weighted by Crippen LogP contribution is -2.27. The number of carbonyl (C=O) groups excluding carboxylic acids is 1. The second-order valence-electron chi connectivity index (χ2n) is 7.46. The molecule has 0 unspecified atom stereocenters. The fraction of sp³-hybridized carbons (Fsp3) is 0.364. The zero-order chi connectivity index (χ0) is 21.1. The van der Waals surface area contributed by atoms with E-state index in [1.54, 1.807) is 11.8 Å². The van der Waals surface area contributed by atoms with Crippen LogP contribution in [0.15, 0.2) is 46.2 Å². The molecule has 1 fully saturated rings. The molecule has 1 aliphatic rings. The lowest BCUT2D eigenvalue weighted by atomic mass is 10.0. The zero-order valence-corrected chi connectivity index (χ0v) is 18.6. The summed E-state index contributed by atoms with van der Waals surface area (Å²) in [5.41, 5.74) is 2.13. The number of nitrogens with one attached hydrogen (secondary N) is 1. The average Bonchev–Trinajstić information content (AvgIpc) is 3.46. The number of halogens is 2. The van der Waals surface area contributed by atoms with Gasteiger partial charge in [-0.25, -0.2) is 0 Å². The Hall–Kier alpha value is -1.69. The van der Waals surface area contributed by atoms with Crippen molar-refractivity contribution in [3.05, 3.63) is 57.6 Å². The van der Waals surface area contributed by atoms with Crippen molar-refractivity contribution in [2.24, 2.45) is 5.92 Å². The summed E-state index contributed by atoms with van der Waals surface area (Å²) in [4.78, 5) is 24.8. The van der Waals surface area contributed by atoms with Crippen molar-refractivity contribution in [3.8, 4) is 0 Å². The van der Waals surface area contributed by atoms with Gasteiger partial charge in [-0.3, -0.25) is 9.59 Å². The molecule has 154 valence electrons. The van der Waals surface area contributed by atoms with Crippen LogP contribution in [0.1, 0.15) is 49.7 Å². The molecular formula is C22H23Cl2NO3S. The molecule has 29 heavy (non-hydrogen) atoms. The number of carbonyl (C=O) groups is 2. The van der Waals surface area contributed by atoms with Crippen LogP contribution in [0.3, 0.4) is 0 Å². The molecule has 0 heterocycles. The monoisotopic (exact) mass is 451 g/mol. The largest absolute Gasteiger partial charge is 0.481 e. The summed E-state index contributed by atoms with van der Waals surface area (Å²) in [7, 11) is 0. The number of carboxylic acids is 1. The Morgan fingerprint density at radius 1 is 1.14 bits per heavy atom. The molecule has 2 aromatic rings. The van der Waals surface area contributed by atoms with Gasteiger partial charge in [-0.1, -0.05) is 73.1 Å². The quantitative estimate of drug-likeness (QED) is 0.519. The predicted octanol–water partition coefficient (Wildman–Crippen LogP) is 5.96. The standard InChI is InChI=1S/C22H23Cl2NO3S/c1-12(2)13-5-3-4-6-17(13)29-18-8-7-14(20(23)21(18)24)15-11-16(15)22(28)25-10-9-19(26)27/h3-8,12,15-16H,9-11H2,1-2H3,(H,25,28)(H,26,27)/t15-,16+/m0/s1. The number of aliphatic carboxylic acids is 1. The molecule has 0 aromatic heterocycles. The molecule has 0 bridgehead atoms. The molecule has 0 aliphatic heterocycles. The van der Waals surface area contributed by atoms with Gasteiger partial charge < -0.3 is 10.4 Å². The van der Waals surface area contributed by atoms with Gasteiger partial charge in [0, 0.05) is 22.3 Å². The van der Waals surface area contributed by atoms with Crippen molar-refractivity contribution in [1.82, 2.24) is 5.32 Å². The van der Waals surface area contributed by atoms with Crippen molar-refractivity contribution in [3.63, 3.8) is 0 Å². The number of benzene rings is 2. The highest BCUT2D eigenvalue weighted by atomic mass is 35.5. The average molecular weight is 452 g/mol. The first-order valence-corrected chi connectivity index (χ1v) is 11.1. The smallest absolute Gasteiger partial charge is 0.305 e. The van der Waals surface area contributed by atoms with Crippen LogP contribution in [-0.2, 0) is 9.59 Å². The Morgan fingerprint density at radius 2 is 1.86 bits per heavy atom. The van der Waals surface area contributed by atoms with Crippen LogP contribution in [0.2, 0.25) is 10.0 Å². The molecule has 1 aliphatic carbocycles. The third kappa shape index (κ3) is 5.27. The fourth-order valence-electron chi connectivity index (χ4n) is 3.33. The van der Waals surface area contributed by atoms with Crippen LogP contribution in [0.4, 0.5) is 0 Å². The van der Waals surface area contributed by atoms with Crippen molar-refractivity contribution in [1.29, 1.82) is 0 Å². The van der Waals surface area contributed by atoms with Gasteiger partial charge in [0.05, 0.1) is 16.5 Å². The SMILES string of the molecule is CC(C)c1ccccc1Sc1ccc([C@@H]2C[C@H]2C(=O)NCCC(=O)O)c(Cl)c1Cl. The minimum absolute atomic E-state index is 0.0202. The molecular weight excluding hydrogens is 429 g/mol. The van der Waals surface area contributed by atoms with Gasteiger partial charge in [-0.2, -0.15) is 0 Å². The molecule has 2 atom stereocenters. The number of carboxylic acid groups (broad SMARTS) is 1. The van der Waals surface area contributed by atoms with Crippen molar-refractivity contribution in [2.45, 2.75) is 48.3 Å². The van der Waals surface area contributed by atoms with E-state index < -0.39 is 5.97 Å². The van der Waals surface area contributed by atoms with E-state index in [1.165, 1.54) is 5.56 Å². The summed E-state index contributed by atoms with van der Waals surface area (Å²) < 4.78 is 0. The molecule has 4 nitrogen and oxygen atoms in total. The highest BCUT2D eigenvalue weighted by molar-refractivity contribution is 7.99. The molecule has 0 saturated heterocycles. The summed E-state index contributed by atoms with van der Waals surface area (Å²) in [6, 6.07) is 12.2. The first kappa shape index (κ1) is 22.0. The van der Waals surface area contributed by atoms with Crippen molar-refractivity contribution < 1.29 is 14.7 Å². The second kappa shape index (κ2) is 9.41. The van der Waals surface area contributed by atoms with E-state index in [0.717, 1.165) is 15.4 Å². The Morgan fingerprint density at radius 3 is 2.55 bits per heavy atom. The number of hydrogen-bond donors (Lipinski definition) is 2. The maximum atomic E-state index is 12.2. The fourth-order valence-corrected chi connectivity index (χ4v) is 5.11. The van der Waals surface area contributed by atoms with Gasteiger partial charge >= 0.3 is 5.97 Å². The first-order chi connectivity index (χ1) is 13.8. The molecule has 1 amide bonds. The van der Waals surface area contributed by atoms with E-state index in [9.17, 15) is 9.59 Å². The molecule has 3 rings (SSSR count). The van der Waals surface area contributed by atoms with Crippen LogP contribution in [0, 0.1) is 5.92 Å². The van der Waals surface area contributed by atoms with E-state index in [1.807, 2.05) is 24.3 Å². The zero-order valence-electron chi connectivity index (χ0n) is 16.2. The van der Waals surface area contributed by atoms with Crippen LogP contribution < -0.4 is 5.32 Å². The highest BCUT2D eigenvalue weighted by Crippen LogP contribution is 2.52. The Labute approximate surface area is 185 Å². The summed E-state index contributed by atoms with van der Waals surface area (Å²) in [5.74, 6) is -0.823. The minimum atomic E-state index is -0.931. The van der Waals surface area contributed by atoms with Gasteiger partial charge in [0.2, 0.25) is 5.91 Å². The minimum Gasteiger partial charge on any atom is -0.481 e. The van der Waals surface area contributed by atoms with Gasteiger partial charge in [-0.05, 0) is 41.5 Å². The van der Waals surface area contributed by atoms with Gasteiger partial charge in [0.1, 0.15) is 0 Å². The van der Waals surface area contributed by atoms with Crippen molar-refractivity contribution in [2.75, 3.05) is 6.54 Å². The normalized spacial score (nSPS) is 18.0. The Bertz CT molecular complexity index is 932. The van der Waals surface area contributed by atoms with Crippen LogP contribution in [0.25, 0.3) is 0 Å². The third-order valence-corrected chi connectivity index (χ3v) is 7.16. The molecule has 0 spiro atoms. The molecule has 2 aromatic carbocycles. The lowest BCUT2D eigenvalue weighted by Gasteiger charge is -2.14. The van der Waals surface area contributed by atoms with E-state index in [-0.39, 0.29) is 30.7 Å². The lowest BCUT2D eigenvalue weighted by molar-refractivity contribution is -0.136. The van der Waals surface area contributed by atoms with Crippen LogP contribution in [0.5, 0.6) is 0 Å². The van der Waals surface area contributed by atoms with Crippen molar-refractivity contribution >= 4 is 46.8 Å². The van der Waals surface area contributed by atoms with E-state index in [0.29, 0.717) is 22.4 Å². The summed E-state index contributed by atoms with van der Waals surface area (Å²) in [6.07, 6.45) is 0.608. The third-order valence-electron chi connectivity index (χ3n) is 5.00. The van der Waals surface area contributed by atoms with E-state index >= 15 is 0 Å².